The molecule has 0 radical (unpaired) electrons. The Morgan fingerprint density at radius 3 is 2.78 bits per heavy atom. The number of thioether (sulfide) groups is 1. The summed E-state index contributed by atoms with van der Waals surface area (Å²) >= 11 is 7.86. The van der Waals surface area contributed by atoms with Crippen molar-refractivity contribution in [1.82, 2.24) is 14.7 Å². The fraction of sp³-hybridized carbons (Fsp3) is 0.389. The van der Waals surface area contributed by atoms with E-state index in [1.165, 1.54) is 4.90 Å². The highest BCUT2D eigenvalue weighted by Gasteiger charge is 2.30. The number of piperazine rings is 1. The summed E-state index contributed by atoms with van der Waals surface area (Å²) in [5.74, 6) is 1.02. The number of hydrogen-bond acceptors (Lipinski definition) is 4. The predicted molar refractivity (Wildman–Crippen MR) is 105 cm³/mol. The minimum absolute atomic E-state index is 0.485. The lowest BCUT2D eigenvalue weighted by Gasteiger charge is -2.29. The fourth-order valence-electron chi connectivity index (χ4n) is 3.33. The molecule has 2 N–H and O–H groups in total. The van der Waals surface area contributed by atoms with Gasteiger partial charge in [0.25, 0.3) is 0 Å². The average Bonchev–Trinajstić information content (AvgIpc) is 3.24. The Bertz CT molecular complexity index is 892. The Morgan fingerprint density at radius 1 is 1.26 bits per heavy atom. The quantitative estimate of drug-likeness (QED) is 0.715. The molecule has 2 amide bonds. The monoisotopic (exact) mass is 406 g/mol. The van der Waals surface area contributed by atoms with Gasteiger partial charge in [-0.2, -0.15) is 16.9 Å². The maximum absolute atomic E-state index is 12.7. The first-order chi connectivity index (χ1) is 13.0. The molecule has 0 spiro atoms. The zero-order chi connectivity index (χ0) is 19.0. The molecular formula is C18H21ClN5O2S+. The van der Waals surface area contributed by atoms with E-state index in [4.69, 9.17) is 11.6 Å². The lowest BCUT2D eigenvalue weighted by Crippen LogP contribution is -3.12. The summed E-state index contributed by atoms with van der Waals surface area (Å²) in [7, 11) is 2.09. The summed E-state index contributed by atoms with van der Waals surface area (Å²) < 4.78 is 1.68. The maximum Gasteiger partial charge on any atom is 0.315 e. The molecular weight excluding hydrogens is 386 g/mol. The number of aromatic nitrogens is 2. The third-order valence-electron chi connectivity index (χ3n) is 4.94. The molecule has 142 valence electrons. The minimum atomic E-state index is -0.613. The number of fused-ring (bicyclic) bond motifs is 1. The van der Waals surface area contributed by atoms with Crippen molar-refractivity contribution in [3.8, 4) is 5.69 Å². The minimum Gasteiger partial charge on any atom is -0.334 e. The first-order valence-corrected chi connectivity index (χ1v) is 10.4. The number of likely N-dealkylation sites (N-methyl/N-ethyl adjacent to an activating group) is 1. The van der Waals surface area contributed by atoms with Crippen LogP contribution in [0.25, 0.3) is 5.69 Å². The van der Waals surface area contributed by atoms with Crippen LogP contribution in [-0.4, -0.2) is 59.7 Å². The summed E-state index contributed by atoms with van der Waals surface area (Å²) in [4.78, 5) is 28.2. The SMILES string of the molecule is C[NH+]1CCN(C(=O)C(=O)Nc2c3c(nn2-c2cccc(Cl)c2)CSC3)CC1. The summed E-state index contributed by atoms with van der Waals surface area (Å²) in [5, 5.41) is 8.04. The molecule has 2 aliphatic heterocycles. The smallest absolute Gasteiger partial charge is 0.315 e. The number of benzene rings is 1. The summed E-state index contributed by atoms with van der Waals surface area (Å²) in [6, 6.07) is 7.29. The Hall–Kier alpha value is -2.03. The lowest BCUT2D eigenvalue weighted by molar-refractivity contribution is -0.883. The van der Waals surface area contributed by atoms with E-state index in [1.54, 1.807) is 33.5 Å². The van der Waals surface area contributed by atoms with E-state index in [9.17, 15) is 9.59 Å². The van der Waals surface area contributed by atoms with E-state index in [2.05, 4.69) is 17.5 Å². The van der Waals surface area contributed by atoms with Gasteiger partial charge in [0.15, 0.2) is 0 Å². The zero-order valence-electron chi connectivity index (χ0n) is 15.0. The number of carbonyl (C=O) groups is 2. The largest absolute Gasteiger partial charge is 0.334 e. The maximum atomic E-state index is 12.7. The van der Waals surface area contributed by atoms with Crippen LogP contribution in [0.3, 0.4) is 0 Å². The van der Waals surface area contributed by atoms with Crippen molar-refractivity contribution in [1.29, 1.82) is 0 Å². The van der Waals surface area contributed by atoms with Gasteiger partial charge in [0, 0.05) is 22.1 Å². The van der Waals surface area contributed by atoms with E-state index in [1.807, 2.05) is 12.1 Å². The molecule has 2 aromatic rings. The third kappa shape index (κ3) is 3.69. The fourth-order valence-corrected chi connectivity index (χ4v) is 4.55. The highest BCUT2D eigenvalue weighted by molar-refractivity contribution is 7.98. The van der Waals surface area contributed by atoms with E-state index >= 15 is 0 Å². The molecule has 3 heterocycles. The lowest BCUT2D eigenvalue weighted by atomic mass is 10.2. The molecule has 27 heavy (non-hydrogen) atoms. The Kier molecular flexibility index (Phi) is 5.12. The Labute approximate surface area is 166 Å². The first-order valence-electron chi connectivity index (χ1n) is 8.89. The van der Waals surface area contributed by atoms with Crippen molar-refractivity contribution in [2.75, 3.05) is 38.5 Å². The van der Waals surface area contributed by atoms with Gasteiger partial charge < -0.3 is 15.1 Å². The van der Waals surface area contributed by atoms with Crippen molar-refractivity contribution in [3.63, 3.8) is 0 Å². The van der Waals surface area contributed by atoms with Gasteiger partial charge in [-0.1, -0.05) is 17.7 Å². The van der Waals surface area contributed by atoms with Gasteiger partial charge in [-0.05, 0) is 18.2 Å². The second-order valence-electron chi connectivity index (χ2n) is 6.86. The van der Waals surface area contributed by atoms with E-state index < -0.39 is 11.8 Å². The van der Waals surface area contributed by atoms with Crippen LogP contribution >= 0.6 is 23.4 Å². The van der Waals surface area contributed by atoms with Gasteiger partial charge in [-0.3, -0.25) is 9.59 Å². The van der Waals surface area contributed by atoms with Gasteiger partial charge in [0.2, 0.25) is 0 Å². The molecule has 7 nitrogen and oxygen atoms in total. The zero-order valence-corrected chi connectivity index (χ0v) is 16.6. The highest BCUT2D eigenvalue weighted by atomic mass is 35.5. The molecule has 0 aliphatic carbocycles. The van der Waals surface area contributed by atoms with Gasteiger partial charge in [0.1, 0.15) is 5.82 Å². The van der Waals surface area contributed by atoms with Crippen LogP contribution in [0.2, 0.25) is 5.02 Å². The number of nitrogens with one attached hydrogen (secondary N) is 2. The molecule has 9 heteroatoms. The summed E-state index contributed by atoms with van der Waals surface area (Å²) in [5.41, 5.74) is 2.67. The van der Waals surface area contributed by atoms with Gasteiger partial charge in [-0.25, -0.2) is 4.68 Å². The molecule has 0 unspecified atom stereocenters. The third-order valence-corrected chi connectivity index (χ3v) is 6.14. The van der Waals surface area contributed by atoms with E-state index in [0.717, 1.165) is 41.5 Å². The van der Waals surface area contributed by atoms with E-state index in [-0.39, 0.29) is 0 Å². The first kappa shape index (κ1) is 18.3. The number of halogens is 1. The molecule has 1 aromatic carbocycles. The normalized spacial score (nSPS) is 17.0. The molecule has 0 saturated carbocycles. The summed E-state index contributed by atoms with van der Waals surface area (Å²) in [6.45, 7) is 2.90. The second-order valence-corrected chi connectivity index (χ2v) is 8.28. The van der Waals surface area contributed by atoms with Gasteiger partial charge in [-0.15, -0.1) is 0 Å². The highest BCUT2D eigenvalue weighted by Crippen LogP contribution is 2.36. The molecule has 4 rings (SSSR count). The van der Waals surface area contributed by atoms with Crippen LogP contribution in [0.1, 0.15) is 11.3 Å². The van der Waals surface area contributed by atoms with Crippen LogP contribution in [0.4, 0.5) is 5.82 Å². The summed E-state index contributed by atoms with van der Waals surface area (Å²) in [6.07, 6.45) is 0. The number of carbonyl (C=O) groups excluding carboxylic acids is 2. The van der Waals surface area contributed by atoms with Crippen molar-refractivity contribution in [3.05, 3.63) is 40.5 Å². The van der Waals surface area contributed by atoms with Gasteiger partial charge >= 0.3 is 11.8 Å². The number of nitrogens with zero attached hydrogens (tertiary/aromatic N) is 3. The number of quaternary nitrogens is 1. The number of rotatable bonds is 2. The number of amides is 2. The van der Waals surface area contributed by atoms with Crippen LogP contribution in [0.15, 0.2) is 24.3 Å². The van der Waals surface area contributed by atoms with Gasteiger partial charge in [0.05, 0.1) is 44.6 Å². The Morgan fingerprint density at radius 2 is 2.04 bits per heavy atom. The molecule has 1 aromatic heterocycles. The topological polar surface area (TPSA) is 71.7 Å². The van der Waals surface area contributed by atoms with Crippen molar-refractivity contribution in [2.24, 2.45) is 0 Å². The molecule has 0 atom stereocenters. The molecule has 1 saturated heterocycles. The van der Waals surface area contributed by atoms with Crippen molar-refractivity contribution in [2.45, 2.75) is 11.5 Å². The number of hydrogen-bond donors (Lipinski definition) is 2. The standard InChI is InChI=1S/C18H20ClN5O2S/c1-22-5-7-23(8-6-22)18(26)17(25)20-16-14-10-27-11-15(14)21-24(16)13-4-2-3-12(19)9-13/h2-4,9H,5-8,10-11H2,1H3,(H,20,25)/p+1. The second kappa shape index (κ2) is 7.53. The van der Waals surface area contributed by atoms with Crippen LogP contribution in [0, 0.1) is 0 Å². The molecule has 0 bridgehead atoms. The Balaban J connectivity index is 1.60. The van der Waals surface area contributed by atoms with Crippen molar-refractivity contribution >= 4 is 41.0 Å². The van der Waals surface area contributed by atoms with E-state index in [0.29, 0.717) is 23.9 Å². The van der Waals surface area contributed by atoms with Crippen LogP contribution in [0.5, 0.6) is 0 Å². The predicted octanol–water partition coefficient (Wildman–Crippen LogP) is 0.568. The van der Waals surface area contributed by atoms with Crippen LogP contribution < -0.4 is 10.2 Å². The van der Waals surface area contributed by atoms with Crippen molar-refractivity contribution < 1.29 is 14.5 Å². The number of anilines is 1. The average molecular weight is 407 g/mol. The molecule has 2 aliphatic rings. The van der Waals surface area contributed by atoms with Crippen LogP contribution in [-0.2, 0) is 21.1 Å². The molecule has 1 fully saturated rings.